The maximum atomic E-state index is 13.7. The van der Waals surface area contributed by atoms with Gasteiger partial charge in [0.05, 0.1) is 4.92 Å². The van der Waals surface area contributed by atoms with Crippen LogP contribution in [0.25, 0.3) is 0 Å². The minimum atomic E-state index is -0.527. The molecule has 0 bridgehead atoms. The molecule has 2 aromatic carbocycles. The summed E-state index contributed by atoms with van der Waals surface area (Å²) in [7, 11) is 1.50. The molecule has 6 nitrogen and oxygen atoms in total. The van der Waals surface area contributed by atoms with E-state index in [4.69, 9.17) is 16.3 Å². The quantitative estimate of drug-likeness (QED) is 0.589. The first-order chi connectivity index (χ1) is 11.4. The van der Waals surface area contributed by atoms with Crippen molar-refractivity contribution in [3.8, 4) is 5.75 Å². The highest BCUT2D eigenvalue weighted by Crippen LogP contribution is 2.21. The van der Waals surface area contributed by atoms with Crippen molar-refractivity contribution < 1.29 is 18.8 Å². The third-order valence-electron chi connectivity index (χ3n) is 3.29. The molecule has 0 saturated carbocycles. The Morgan fingerprint density at radius 1 is 1.29 bits per heavy atom. The Morgan fingerprint density at radius 3 is 2.54 bits per heavy atom. The van der Waals surface area contributed by atoms with E-state index in [1.54, 1.807) is 6.07 Å². The molecule has 0 saturated heterocycles. The van der Waals surface area contributed by atoms with Gasteiger partial charge in [-0.3, -0.25) is 14.9 Å². The first-order valence-electron chi connectivity index (χ1n) is 6.92. The van der Waals surface area contributed by atoms with Gasteiger partial charge in [0.25, 0.3) is 11.6 Å². The van der Waals surface area contributed by atoms with Gasteiger partial charge >= 0.3 is 0 Å². The lowest BCUT2D eigenvalue weighted by Gasteiger charge is -2.18. The standard InChI is InChI=1S/C16H14ClFN2O4/c1-19(9-13-14(17)3-2-4-15(13)18)16(21)10-24-12-7-5-11(6-8-12)20(22)23/h2-8H,9-10H2,1H3. The molecule has 8 heteroatoms. The fraction of sp³-hybridized carbons (Fsp3) is 0.188. The number of nitro benzene ring substituents is 1. The topological polar surface area (TPSA) is 72.7 Å². The molecular formula is C16H14ClFN2O4. The molecule has 0 aliphatic rings. The molecule has 0 atom stereocenters. The van der Waals surface area contributed by atoms with E-state index in [-0.39, 0.29) is 35.3 Å². The zero-order valence-corrected chi connectivity index (χ0v) is 13.5. The van der Waals surface area contributed by atoms with Gasteiger partial charge in [0.15, 0.2) is 6.61 Å². The van der Waals surface area contributed by atoms with Gasteiger partial charge in [-0.05, 0) is 24.3 Å². The second-order valence-electron chi connectivity index (χ2n) is 4.99. The van der Waals surface area contributed by atoms with E-state index in [9.17, 15) is 19.3 Å². The van der Waals surface area contributed by atoms with Crippen LogP contribution in [0.1, 0.15) is 5.56 Å². The summed E-state index contributed by atoms with van der Waals surface area (Å²) in [6, 6.07) is 9.67. The lowest BCUT2D eigenvalue weighted by Crippen LogP contribution is -2.31. The summed E-state index contributed by atoms with van der Waals surface area (Å²) in [5.41, 5.74) is 0.158. The van der Waals surface area contributed by atoms with Gasteiger partial charge in [-0.2, -0.15) is 0 Å². The molecule has 2 rings (SSSR count). The van der Waals surface area contributed by atoms with E-state index < -0.39 is 10.7 Å². The highest BCUT2D eigenvalue weighted by molar-refractivity contribution is 6.31. The molecule has 126 valence electrons. The molecule has 24 heavy (non-hydrogen) atoms. The molecule has 0 N–H and O–H groups in total. The molecule has 0 fully saturated rings. The lowest BCUT2D eigenvalue weighted by molar-refractivity contribution is -0.384. The SMILES string of the molecule is CN(Cc1c(F)cccc1Cl)C(=O)COc1ccc([N+](=O)[O-])cc1. The normalized spacial score (nSPS) is 10.3. The van der Waals surface area contributed by atoms with Crippen molar-refractivity contribution in [1.82, 2.24) is 4.90 Å². The molecule has 0 radical (unpaired) electrons. The summed E-state index contributed by atoms with van der Waals surface area (Å²) in [6.45, 7) is -0.269. The molecule has 0 unspecified atom stereocenters. The Balaban J connectivity index is 1.93. The first-order valence-corrected chi connectivity index (χ1v) is 7.30. The van der Waals surface area contributed by atoms with E-state index in [1.165, 1.54) is 48.3 Å². The highest BCUT2D eigenvalue weighted by atomic mass is 35.5. The van der Waals surface area contributed by atoms with Crippen LogP contribution < -0.4 is 4.74 Å². The third-order valence-corrected chi connectivity index (χ3v) is 3.65. The third kappa shape index (κ3) is 4.42. The molecule has 0 spiro atoms. The Morgan fingerprint density at radius 2 is 1.96 bits per heavy atom. The molecule has 0 aliphatic heterocycles. The number of likely N-dealkylation sites (N-methyl/N-ethyl adjacent to an activating group) is 1. The average Bonchev–Trinajstić information content (AvgIpc) is 2.56. The van der Waals surface area contributed by atoms with E-state index in [0.717, 1.165) is 0 Å². The molecular weight excluding hydrogens is 339 g/mol. The maximum absolute atomic E-state index is 13.7. The molecule has 0 aliphatic carbocycles. The fourth-order valence-electron chi connectivity index (χ4n) is 1.93. The second-order valence-corrected chi connectivity index (χ2v) is 5.40. The van der Waals surface area contributed by atoms with Crippen molar-refractivity contribution in [3.63, 3.8) is 0 Å². The minimum Gasteiger partial charge on any atom is -0.484 e. The average molecular weight is 353 g/mol. The summed E-state index contributed by atoms with van der Waals surface area (Å²) in [5, 5.41) is 10.8. The van der Waals surface area contributed by atoms with Crippen molar-refractivity contribution in [2.75, 3.05) is 13.7 Å². The van der Waals surface area contributed by atoms with Crippen LogP contribution in [0.15, 0.2) is 42.5 Å². The number of benzene rings is 2. The largest absolute Gasteiger partial charge is 0.484 e. The number of carbonyl (C=O) groups excluding carboxylic acids is 1. The number of halogens is 2. The Labute approximate surface area is 142 Å². The number of hydrogen-bond donors (Lipinski definition) is 0. The van der Waals surface area contributed by atoms with Gasteiger partial charge in [-0.1, -0.05) is 17.7 Å². The fourth-order valence-corrected chi connectivity index (χ4v) is 2.15. The van der Waals surface area contributed by atoms with Crippen LogP contribution in [0.3, 0.4) is 0 Å². The van der Waals surface area contributed by atoms with Crippen LogP contribution in [0.2, 0.25) is 5.02 Å². The van der Waals surface area contributed by atoms with Crippen molar-refractivity contribution in [1.29, 1.82) is 0 Å². The van der Waals surface area contributed by atoms with Crippen LogP contribution >= 0.6 is 11.6 Å². The van der Waals surface area contributed by atoms with Crippen molar-refractivity contribution in [2.24, 2.45) is 0 Å². The van der Waals surface area contributed by atoms with Gasteiger partial charge in [-0.25, -0.2) is 4.39 Å². The predicted octanol–water partition coefficient (Wildman–Crippen LogP) is 3.42. The van der Waals surface area contributed by atoms with Gasteiger partial charge in [-0.15, -0.1) is 0 Å². The number of carbonyl (C=O) groups is 1. The van der Waals surface area contributed by atoms with Crippen LogP contribution in [0.4, 0.5) is 10.1 Å². The predicted molar refractivity (Wildman–Crippen MR) is 86.5 cm³/mol. The summed E-state index contributed by atoms with van der Waals surface area (Å²) in [4.78, 5) is 23.4. The summed E-state index contributed by atoms with van der Waals surface area (Å²) in [6.07, 6.45) is 0. The second kappa shape index (κ2) is 7.74. The number of rotatable bonds is 6. The minimum absolute atomic E-state index is 0.00790. The number of hydrogen-bond acceptors (Lipinski definition) is 4. The maximum Gasteiger partial charge on any atom is 0.269 e. The number of ether oxygens (including phenoxy) is 1. The molecule has 2 aromatic rings. The Bertz CT molecular complexity index is 732. The molecule has 1 amide bonds. The molecule has 0 heterocycles. The first kappa shape index (κ1) is 17.7. The van der Waals surface area contributed by atoms with Gasteiger partial charge in [0, 0.05) is 36.3 Å². The van der Waals surface area contributed by atoms with E-state index >= 15 is 0 Å². The molecule has 0 aromatic heterocycles. The lowest BCUT2D eigenvalue weighted by atomic mass is 10.2. The summed E-state index contributed by atoms with van der Waals surface area (Å²) < 4.78 is 19.0. The van der Waals surface area contributed by atoms with Crippen LogP contribution in [-0.4, -0.2) is 29.4 Å². The van der Waals surface area contributed by atoms with Crippen molar-refractivity contribution in [3.05, 3.63) is 69.0 Å². The van der Waals surface area contributed by atoms with Crippen LogP contribution in [0, 0.1) is 15.9 Å². The highest BCUT2D eigenvalue weighted by Gasteiger charge is 2.15. The Kier molecular flexibility index (Phi) is 5.70. The number of amides is 1. The van der Waals surface area contributed by atoms with Gasteiger partial charge in [0.2, 0.25) is 0 Å². The van der Waals surface area contributed by atoms with Gasteiger partial charge < -0.3 is 9.64 Å². The Hall–Kier alpha value is -2.67. The summed E-state index contributed by atoms with van der Waals surface area (Å²) >= 11 is 5.93. The monoisotopic (exact) mass is 352 g/mol. The number of non-ortho nitro benzene ring substituents is 1. The van der Waals surface area contributed by atoms with Gasteiger partial charge in [0.1, 0.15) is 11.6 Å². The van der Waals surface area contributed by atoms with Crippen molar-refractivity contribution in [2.45, 2.75) is 6.54 Å². The van der Waals surface area contributed by atoms with Crippen LogP contribution in [0.5, 0.6) is 5.75 Å². The summed E-state index contributed by atoms with van der Waals surface area (Å²) in [5.74, 6) is -0.544. The number of nitro groups is 1. The number of nitrogens with zero attached hydrogens (tertiary/aromatic N) is 2. The zero-order chi connectivity index (χ0) is 17.7. The van der Waals surface area contributed by atoms with Crippen molar-refractivity contribution >= 4 is 23.2 Å². The van der Waals surface area contributed by atoms with E-state index in [1.807, 2.05) is 0 Å². The smallest absolute Gasteiger partial charge is 0.269 e. The van der Waals surface area contributed by atoms with E-state index in [2.05, 4.69) is 0 Å². The van der Waals surface area contributed by atoms with Crippen LogP contribution in [-0.2, 0) is 11.3 Å². The zero-order valence-electron chi connectivity index (χ0n) is 12.7. The van der Waals surface area contributed by atoms with E-state index in [0.29, 0.717) is 5.75 Å².